The van der Waals surface area contributed by atoms with E-state index in [1.165, 1.54) is 22.5 Å². The normalized spacial score (nSPS) is 18.6. The molecule has 0 aliphatic carbocycles. The third kappa shape index (κ3) is 2.14. The number of aromatic nitrogens is 2. The van der Waals surface area contributed by atoms with Gasteiger partial charge in [-0.3, -0.25) is 4.68 Å². The second-order valence-electron chi connectivity index (χ2n) is 5.47. The van der Waals surface area contributed by atoms with Gasteiger partial charge in [0, 0.05) is 17.9 Å². The molecule has 100 valence electrons. The molecule has 0 bridgehead atoms. The molecule has 0 radical (unpaired) electrons. The number of benzene rings is 1. The van der Waals surface area contributed by atoms with E-state index in [1.54, 1.807) is 0 Å². The Morgan fingerprint density at radius 2 is 2.00 bits per heavy atom. The van der Waals surface area contributed by atoms with E-state index >= 15 is 0 Å². The third-order valence-electron chi connectivity index (χ3n) is 4.33. The Morgan fingerprint density at radius 1 is 1.21 bits per heavy atom. The fourth-order valence-corrected chi connectivity index (χ4v) is 2.87. The number of nitrogens with zero attached hydrogens (tertiary/aromatic N) is 2. The predicted molar refractivity (Wildman–Crippen MR) is 78.7 cm³/mol. The first-order valence-electron chi connectivity index (χ1n) is 7.01. The zero-order valence-corrected chi connectivity index (χ0v) is 11.9. The fourth-order valence-electron chi connectivity index (χ4n) is 2.87. The maximum atomic E-state index is 4.71. The minimum absolute atomic E-state index is 0.444. The summed E-state index contributed by atoms with van der Waals surface area (Å²) < 4.78 is 2.21. The van der Waals surface area contributed by atoms with Crippen molar-refractivity contribution in [3.63, 3.8) is 0 Å². The first kappa shape index (κ1) is 12.3. The van der Waals surface area contributed by atoms with Crippen LogP contribution < -0.4 is 5.32 Å². The number of hydrogen-bond donors (Lipinski definition) is 1. The summed E-state index contributed by atoms with van der Waals surface area (Å²) >= 11 is 0. The van der Waals surface area contributed by atoms with Crippen molar-refractivity contribution < 1.29 is 0 Å². The van der Waals surface area contributed by atoms with Crippen LogP contribution in [0.5, 0.6) is 0 Å². The molecule has 1 unspecified atom stereocenters. The molecule has 0 amide bonds. The number of hydrogen-bond acceptors (Lipinski definition) is 2. The van der Waals surface area contributed by atoms with Crippen molar-refractivity contribution in [1.82, 2.24) is 9.78 Å². The molecule has 3 heteroatoms. The summed E-state index contributed by atoms with van der Waals surface area (Å²) in [5.74, 6) is 0. The van der Waals surface area contributed by atoms with E-state index in [1.807, 2.05) is 0 Å². The van der Waals surface area contributed by atoms with Crippen LogP contribution in [-0.4, -0.2) is 16.3 Å². The van der Waals surface area contributed by atoms with Gasteiger partial charge in [0.15, 0.2) is 0 Å². The lowest BCUT2D eigenvalue weighted by atomic mass is 10.1. The molecule has 3 nitrogen and oxygen atoms in total. The monoisotopic (exact) mass is 255 g/mol. The summed E-state index contributed by atoms with van der Waals surface area (Å²) in [6.07, 6.45) is 2.26. The number of anilines is 1. The smallest absolute Gasteiger partial charge is 0.0697 e. The number of nitrogens with one attached hydrogen (secondary N) is 1. The Bertz CT molecular complexity index is 571. The first-order chi connectivity index (χ1) is 9.16. The van der Waals surface area contributed by atoms with Crippen molar-refractivity contribution in [3.05, 3.63) is 46.8 Å². The molecule has 0 fully saturated rings. The lowest BCUT2D eigenvalue weighted by Crippen LogP contribution is -2.20. The van der Waals surface area contributed by atoms with Gasteiger partial charge in [-0.15, -0.1) is 0 Å². The highest BCUT2D eigenvalue weighted by atomic mass is 15.3. The lowest BCUT2D eigenvalue weighted by Gasteiger charge is -2.17. The molecule has 0 saturated heterocycles. The summed E-state index contributed by atoms with van der Waals surface area (Å²) in [7, 11) is 0. The zero-order chi connectivity index (χ0) is 13.4. The Hall–Kier alpha value is -1.77. The van der Waals surface area contributed by atoms with Crippen molar-refractivity contribution in [2.24, 2.45) is 0 Å². The molecule has 2 heterocycles. The molecular formula is C16H21N3. The van der Waals surface area contributed by atoms with Crippen LogP contribution in [0.3, 0.4) is 0 Å². The topological polar surface area (TPSA) is 29.9 Å². The molecule has 1 aromatic carbocycles. The maximum Gasteiger partial charge on any atom is 0.0697 e. The highest BCUT2D eigenvalue weighted by molar-refractivity contribution is 5.52. The lowest BCUT2D eigenvalue weighted by molar-refractivity contribution is 0.438. The van der Waals surface area contributed by atoms with Crippen LogP contribution >= 0.6 is 0 Å². The van der Waals surface area contributed by atoms with Crippen LogP contribution in [0.1, 0.15) is 35.0 Å². The van der Waals surface area contributed by atoms with E-state index in [4.69, 9.17) is 5.10 Å². The quantitative estimate of drug-likeness (QED) is 0.846. The summed E-state index contributed by atoms with van der Waals surface area (Å²) in [4.78, 5) is 0. The van der Waals surface area contributed by atoms with E-state index < -0.39 is 0 Å². The van der Waals surface area contributed by atoms with Crippen molar-refractivity contribution in [2.75, 3.05) is 11.9 Å². The Kier molecular flexibility index (Phi) is 3.05. The average Bonchev–Trinajstić information content (AvgIpc) is 2.61. The summed E-state index contributed by atoms with van der Waals surface area (Å²) in [6, 6.07) is 9.05. The molecule has 1 aliphatic rings. The van der Waals surface area contributed by atoms with E-state index in [0.717, 1.165) is 25.1 Å². The van der Waals surface area contributed by atoms with Gasteiger partial charge in [0.25, 0.3) is 0 Å². The van der Waals surface area contributed by atoms with Crippen LogP contribution in [0.4, 0.5) is 5.69 Å². The maximum absolute atomic E-state index is 4.71. The summed E-state index contributed by atoms with van der Waals surface area (Å²) in [5, 5.41) is 8.28. The van der Waals surface area contributed by atoms with Crippen LogP contribution in [0.15, 0.2) is 24.3 Å². The van der Waals surface area contributed by atoms with Crippen molar-refractivity contribution in [2.45, 2.75) is 39.7 Å². The van der Waals surface area contributed by atoms with E-state index in [9.17, 15) is 0 Å². The van der Waals surface area contributed by atoms with Gasteiger partial charge < -0.3 is 5.32 Å². The second kappa shape index (κ2) is 4.72. The molecule has 3 rings (SSSR count). The average molecular weight is 255 g/mol. The molecule has 19 heavy (non-hydrogen) atoms. The summed E-state index contributed by atoms with van der Waals surface area (Å²) in [5.41, 5.74) is 6.47. The number of fused-ring (bicyclic) bond motifs is 1. The van der Waals surface area contributed by atoms with E-state index in [-0.39, 0.29) is 0 Å². The van der Waals surface area contributed by atoms with Gasteiger partial charge in [-0.2, -0.15) is 5.10 Å². The van der Waals surface area contributed by atoms with Gasteiger partial charge in [0.2, 0.25) is 0 Å². The number of rotatable bonds is 1. The standard InChI is InChI=1S/C16H21N3/c1-11-12(2)18-19(13(11)3)15-9-8-14-6-4-5-7-16(14)17-10-15/h4-7,15,17H,8-10H2,1-3H3. The molecule has 1 atom stereocenters. The van der Waals surface area contributed by atoms with Gasteiger partial charge in [-0.25, -0.2) is 0 Å². The Morgan fingerprint density at radius 3 is 2.74 bits per heavy atom. The summed E-state index contributed by atoms with van der Waals surface area (Å²) in [6.45, 7) is 7.39. The van der Waals surface area contributed by atoms with Crippen molar-refractivity contribution in [3.8, 4) is 0 Å². The highest BCUT2D eigenvalue weighted by Crippen LogP contribution is 2.27. The van der Waals surface area contributed by atoms with Gasteiger partial charge in [-0.05, 0) is 50.8 Å². The van der Waals surface area contributed by atoms with Crippen LogP contribution in [0.2, 0.25) is 0 Å². The van der Waals surface area contributed by atoms with Crippen molar-refractivity contribution in [1.29, 1.82) is 0 Å². The molecule has 0 spiro atoms. The van der Waals surface area contributed by atoms with Gasteiger partial charge in [-0.1, -0.05) is 18.2 Å². The number of aryl methyl sites for hydroxylation is 2. The number of para-hydroxylation sites is 1. The first-order valence-corrected chi connectivity index (χ1v) is 7.01. The van der Waals surface area contributed by atoms with Gasteiger partial charge in [0.1, 0.15) is 0 Å². The molecule has 1 N–H and O–H groups in total. The third-order valence-corrected chi connectivity index (χ3v) is 4.33. The van der Waals surface area contributed by atoms with Crippen molar-refractivity contribution >= 4 is 5.69 Å². The molecule has 0 saturated carbocycles. The highest BCUT2D eigenvalue weighted by Gasteiger charge is 2.20. The molecular weight excluding hydrogens is 234 g/mol. The largest absolute Gasteiger partial charge is 0.383 e. The Balaban J connectivity index is 1.87. The predicted octanol–water partition coefficient (Wildman–Crippen LogP) is 3.41. The molecule has 1 aromatic heterocycles. The minimum atomic E-state index is 0.444. The van der Waals surface area contributed by atoms with Crippen LogP contribution in [0.25, 0.3) is 0 Å². The molecule has 1 aliphatic heterocycles. The van der Waals surface area contributed by atoms with Crippen LogP contribution in [-0.2, 0) is 6.42 Å². The molecule has 2 aromatic rings. The second-order valence-corrected chi connectivity index (χ2v) is 5.47. The van der Waals surface area contributed by atoms with E-state index in [2.05, 4.69) is 55.0 Å². The zero-order valence-electron chi connectivity index (χ0n) is 11.9. The minimum Gasteiger partial charge on any atom is -0.383 e. The van der Waals surface area contributed by atoms with E-state index in [0.29, 0.717) is 6.04 Å². The SMILES string of the molecule is Cc1nn(C2CCc3ccccc3NC2)c(C)c1C. The Labute approximate surface area is 114 Å². The van der Waals surface area contributed by atoms with Gasteiger partial charge >= 0.3 is 0 Å². The van der Waals surface area contributed by atoms with Gasteiger partial charge in [0.05, 0.1) is 11.7 Å². The van der Waals surface area contributed by atoms with Crippen LogP contribution in [0, 0.1) is 20.8 Å². The fraction of sp³-hybridized carbons (Fsp3) is 0.438.